The smallest absolute Gasteiger partial charge is 0.352 e. The van der Waals surface area contributed by atoms with E-state index in [-0.39, 0.29) is 29.7 Å². The van der Waals surface area contributed by atoms with E-state index in [0.29, 0.717) is 6.42 Å². The Morgan fingerprint density at radius 2 is 2.00 bits per heavy atom. The van der Waals surface area contributed by atoms with Gasteiger partial charge in [0.05, 0.1) is 6.10 Å². The minimum atomic E-state index is -3.72. The van der Waals surface area contributed by atoms with E-state index in [1.54, 1.807) is 0 Å². The van der Waals surface area contributed by atoms with Gasteiger partial charge in [-0.1, -0.05) is 0 Å². The quantitative estimate of drug-likeness (QED) is 0.832. The Bertz CT molecular complexity index is 647. The molecule has 1 atom stereocenters. The maximum Gasteiger partial charge on any atom is 0.352 e. The maximum atomic E-state index is 12.4. The lowest BCUT2D eigenvalue weighted by Gasteiger charge is -2.14. The van der Waals surface area contributed by atoms with Gasteiger partial charge in [-0.2, -0.15) is 4.31 Å². The first-order chi connectivity index (χ1) is 9.39. The second kappa shape index (κ2) is 4.57. The molecule has 0 bridgehead atoms. The van der Waals surface area contributed by atoms with E-state index in [0.717, 1.165) is 12.8 Å². The van der Waals surface area contributed by atoms with Crippen molar-refractivity contribution < 1.29 is 23.4 Å². The van der Waals surface area contributed by atoms with Crippen LogP contribution in [-0.4, -0.2) is 52.7 Å². The fourth-order valence-corrected chi connectivity index (χ4v) is 4.02. The Morgan fingerprint density at radius 1 is 1.30 bits per heavy atom. The summed E-state index contributed by atoms with van der Waals surface area (Å²) < 4.78 is 27.6. The van der Waals surface area contributed by atoms with Crippen LogP contribution in [0, 0.1) is 0 Å². The first kappa shape index (κ1) is 13.6. The predicted octanol–water partition coefficient (Wildman–Crippen LogP) is 0.276. The zero-order valence-electron chi connectivity index (χ0n) is 10.8. The summed E-state index contributed by atoms with van der Waals surface area (Å²) in [7, 11) is -3.72. The molecule has 8 heteroatoms. The van der Waals surface area contributed by atoms with Crippen molar-refractivity contribution in [1.29, 1.82) is 0 Å². The zero-order valence-corrected chi connectivity index (χ0v) is 11.6. The van der Waals surface area contributed by atoms with Crippen LogP contribution in [0.2, 0.25) is 0 Å². The largest absolute Gasteiger partial charge is 0.477 e. The summed E-state index contributed by atoms with van der Waals surface area (Å²) in [6.45, 7) is 0.333. The molecule has 0 unspecified atom stereocenters. The van der Waals surface area contributed by atoms with Crippen LogP contribution < -0.4 is 0 Å². The molecule has 0 aromatic carbocycles. The van der Waals surface area contributed by atoms with Gasteiger partial charge in [-0.15, -0.1) is 0 Å². The molecule has 7 nitrogen and oxygen atoms in total. The van der Waals surface area contributed by atoms with E-state index in [4.69, 9.17) is 5.11 Å². The number of hydrogen-bond donors (Lipinski definition) is 2. The monoisotopic (exact) mass is 300 g/mol. The predicted molar refractivity (Wildman–Crippen MR) is 69.0 cm³/mol. The molecule has 1 aromatic heterocycles. The lowest BCUT2D eigenvalue weighted by atomic mass is 10.3. The van der Waals surface area contributed by atoms with Crippen molar-refractivity contribution in [3.05, 3.63) is 18.0 Å². The van der Waals surface area contributed by atoms with Gasteiger partial charge in [0.15, 0.2) is 0 Å². The third-order valence-electron chi connectivity index (χ3n) is 3.75. The van der Waals surface area contributed by atoms with Crippen LogP contribution in [0.5, 0.6) is 0 Å². The number of aromatic nitrogens is 1. The van der Waals surface area contributed by atoms with Crippen molar-refractivity contribution in [3.8, 4) is 0 Å². The summed E-state index contributed by atoms with van der Waals surface area (Å²) in [6.07, 6.45) is 2.91. The Kier molecular flexibility index (Phi) is 3.11. The Morgan fingerprint density at radius 3 is 2.50 bits per heavy atom. The topological polar surface area (TPSA) is 99.8 Å². The summed E-state index contributed by atoms with van der Waals surface area (Å²) in [6, 6.07) is 1.30. The van der Waals surface area contributed by atoms with Gasteiger partial charge in [0.25, 0.3) is 0 Å². The van der Waals surface area contributed by atoms with Crippen molar-refractivity contribution in [3.63, 3.8) is 0 Å². The summed E-state index contributed by atoms with van der Waals surface area (Å²) >= 11 is 0. The van der Waals surface area contributed by atoms with Crippen LogP contribution in [0.3, 0.4) is 0 Å². The highest BCUT2D eigenvalue weighted by Crippen LogP contribution is 2.37. The number of rotatable bonds is 4. The summed E-state index contributed by atoms with van der Waals surface area (Å²) in [5, 5.41) is 18.6. The number of carboxylic acids is 1. The number of β-amino-alcohol motifs (C(OH)–C–C–N with tert-alkyl or cyclic N) is 1. The number of aliphatic hydroxyl groups is 1. The Hall–Kier alpha value is -1.38. The molecule has 20 heavy (non-hydrogen) atoms. The molecule has 110 valence electrons. The molecule has 1 aliphatic heterocycles. The fourth-order valence-electron chi connectivity index (χ4n) is 2.50. The molecule has 2 N–H and O–H groups in total. The summed E-state index contributed by atoms with van der Waals surface area (Å²) in [5.74, 6) is -1.13. The van der Waals surface area contributed by atoms with Gasteiger partial charge in [-0.25, -0.2) is 13.2 Å². The van der Waals surface area contributed by atoms with Crippen LogP contribution in [0.25, 0.3) is 0 Å². The number of aromatic carboxylic acids is 1. The van der Waals surface area contributed by atoms with Crippen LogP contribution in [0.1, 0.15) is 35.8 Å². The van der Waals surface area contributed by atoms with Crippen LogP contribution in [0.15, 0.2) is 17.2 Å². The Labute approximate surface area is 116 Å². The van der Waals surface area contributed by atoms with Gasteiger partial charge in [-0.3, -0.25) is 0 Å². The first-order valence-corrected chi connectivity index (χ1v) is 7.97. The molecule has 2 heterocycles. The van der Waals surface area contributed by atoms with Crippen molar-refractivity contribution in [2.75, 3.05) is 13.1 Å². The van der Waals surface area contributed by atoms with Crippen molar-refractivity contribution >= 4 is 16.0 Å². The second-order valence-corrected chi connectivity index (χ2v) is 7.25. The van der Waals surface area contributed by atoms with Gasteiger partial charge in [-0.05, 0) is 25.3 Å². The van der Waals surface area contributed by atoms with Gasteiger partial charge < -0.3 is 14.8 Å². The molecule has 1 aromatic rings. The molecule has 0 amide bonds. The lowest BCUT2D eigenvalue weighted by Crippen LogP contribution is -2.29. The third-order valence-corrected chi connectivity index (χ3v) is 5.58. The first-order valence-electron chi connectivity index (χ1n) is 6.53. The standard InChI is InChI=1S/C12H16N2O5S/c15-9-3-4-13(6-9)20(18,19)10-5-11(12(16)17)14(7-10)8-1-2-8/h5,7-9,15H,1-4,6H2,(H,16,17)/t9-/m1/s1. The molecule has 2 fully saturated rings. The average molecular weight is 300 g/mol. The molecule has 1 saturated carbocycles. The summed E-state index contributed by atoms with van der Waals surface area (Å²) in [5.41, 5.74) is 0.00539. The van der Waals surface area contributed by atoms with E-state index >= 15 is 0 Å². The van der Waals surface area contributed by atoms with E-state index in [1.807, 2.05) is 0 Å². The number of aliphatic hydroxyl groups excluding tert-OH is 1. The lowest BCUT2D eigenvalue weighted by molar-refractivity contribution is 0.0685. The Balaban J connectivity index is 1.97. The van der Waals surface area contributed by atoms with Crippen molar-refractivity contribution in [2.24, 2.45) is 0 Å². The number of carboxylic acid groups (broad SMARTS) is 1. The highest BCUT2D eigenvalue weighted by atomic mass is 32.2. The van der Waals surface area contributed by atoms with Gasteiger partial charge in [0.2, 0.25) is 10.0 Å². The minimum absolute atomic E-state index is 0.00380. The average Bonchev–Trinajstić information content (AvgIpc) is 2.95. The summed E-state index contributed by atoms with van der Waals surface area (Å²) in [4.78, 5) is 11.2. The highest BCUT2D eigenvalue weighted by molar-refractivity contribution is 7.89. The molecular formula is C12H16N2O5S. The van der Waals surface area contributed by atoms with E-state index in [1.165, 1.54) is 21.1 Å². The van der Waals surface area contributed by atoms with Crippen LogP contribution in [0.4, 0.5) is 0 Å². The molecule has 2 aliphatic rings. The molecular weight excluding hydrogens is 284 g/mol. The number of hydrogen-bond acceptors (Lipinski definition) is 4. The van der Waals surface area contributed by atoms with Crippen LogP contribution in [-0.2, 0) is 10.0 Å². The van der Waals surface area contributed by atoms with Crippen LogP contribution >= 0.6 is 0 Å². The normalized spacial score (nSPS) is 24.1. The van der Waals surface area contributed by atoms with Crippen molar-refractivity contribution in [2.45, 2.75) is 36.3 Å². The second-order valence-electron chi connectivity index (χ2n) is 5.31. The molecule has 3 rings (SSSR count). The van der Waals surface area contributed by atoms with E-state index in [2.05, 4.69) is 0 Å². The number of nitrogens with zero attached hydrogens (tertiary/aromatic N) is 2. The molecule has 0 radical (unpaired) electrons. The molecule has 1 aliphatic carbocycles. The third kappa shape index (κ3) is 2.23. The van der Waals surface area contributed by atoms with Gasteiger partial charge in [0, 0.05) is 25.3 Å². The van der Waals surface area contributed by atoms with Crippen molar-refractivity contribution in [1.82, 2.24) is 8.87 Å². The van der Waals surface area contributed by atoms with E-state index in [9.17, 15) is 18.3 Å². The number of carbonyl (C=O) groups is 1. The minimum Gasteiger partial charge on any atom is -0.477 e. The van der Waals surface area contributed by atoms with Gasteiger partial charge >= 0.3 is 5.97 Å². The zero-order chi connectivity index (χ0) is 14.5. The number of sulfonamides is 1. The maximum absolute atomic E-state index is 12.4. The van der Waals surface area contributed by atoms with Gasteiger partial charge in [0.1, 0.15) is 10.6 Å². The SMILES string of the molecule is O=C(O)c1cc(S(=O)(=O)N2CC[C@@H](O)C2)cn1C1CC1. The molecule has 1 saturated heterocycles. The highest BCUT2D eigenvalue weighted by Gasteiger charge is 2.35. The van der Waals surface area contributed by atoms with E-state index < -0.39 is 22.1 Å². The molecule has 0 spiro atoms. The fraction of sp³-hybridized carbons (Fsp3) is 0.583.